The fraction of sp³-hybridized carbons (Fsp3) is 0.105. The van der Waals surface area contributed by atoms with E-state index in [0.717, 1.165) is 0 Å². The highest BCUT2D eigenvalue weighted by Crippen LogP contribution is 2.28. The summed E-state index contributed by atoms with van der Waals surface area (Å²) in [5.41, 5.74) is 0.583. The van der Waals surface area contributed by atoms with Crippen LogP contribution in [0.3, 0.4) is 0 Å². The number of ether oxygens (including phenoxy) is 2. The lowest BCUT2D eigenvalue weighted by Crippen LogP contribution is -2.29. The molecule has 1 amide bonds. The van der Waals surface area contributed by atoms with E-state index in [1.165, 1.54) is 56.1 Å². The standard InChI is InChI=1S/C19H18N4O5S3/c1-27-14-4-3-5-15(28-2)16(14)17(24)22-18(29)21-12-6-8-13(9-7-12)31(25,26)23-19-20-10-11-30-19/h3-11H,1-2H3,(H,22,24,29)(H2,20,23,25,26). The number of nitrogens with one attached hydrogen (secondary N) is 2. The first kappa shape index (κ1) is 22.6. The number of benzene rings is 1. The molecule has 1 atom stereocenters. The molecular formula is C19H18N4O5S3. The van der Waals surface area contributed by atoms with E-state index in [1.54, 1.807) is 23.6 Å². The number of anilines is 1. The van der Waals surface area contributed by atoms with Crippen LogP contribution in [0.5, 0.6) is 11.5 Å². The van der Waals surface area contributed by atoms with Crippen LogP contribution < -0.4 is 19.5 Å². The number of amides is 1. The smallest absolute Gasteiger partial charge is 0.265 e. The van der Waals surface area contributed by atoms with Gasteiger partial charge in [0.05, 0.1) is 24.8 Å². The van der Waals surface area contributed by atoms with Gasteiger partial charge in [-0.3, -0.25) is 19.4 Å². The number of methoxy groups -OCH3 is 2. The quantitative estimate of drug-likeness (QED) is 0.565. The van der Waals surface area contributed by atoms with Crippen LogP contribution in [-0.2, 0) is 9.99 Å². The second-order valence-electron chi connectivity index (χ2n) is 5.87. The molecule has 1 aromatic carbocycles. The molecular weight excluding hydrogens is 460 g/mol. The highest BCUT2D eigenvalue weighted by Gasteiger charge is 2.19. The van der Waals surface area contributed by atoms with Crippen molar-refractivity contribution in [3.8, 4) is 11.5 Å². The minimum Gasteiger partial charge on any atom is -0.496 e. The number of rotatable bonds is 5. The molecule has 1 aliphatic carbocycles. The van der Waals surface area contributed by atoms with Crippen LogP contribution >= 0.6 is 23.6 Å². The Balaban J connectivity index is 1.73. The Bertz CT molecular complexity index is 1170. The van der Waals surface area contributed by atoms with Crippen molar-refractivity contribution in [3.63, 3.8) is 0 Å². The number of nitrogens with zero attached hydrogens (tertiary/aromatic N) is 2. The molecule has 2 aromatic rings. The Kier molecular flexibility index (Phi) is 7.17. The van der Waals surface area contributed by atoms with Crippen molar-refractivity contribution in [3.05, 3.63) is 59.6 Å². The van der Waals surface area contributed by atoms with Gasteiger partial charge in [0.1, 0.15) is 17.1 Å². The zero-order valence-electron chi connectivity index (χ0n) is 16.4. The number of carbonyl (C=O) groups excluding carboxylic acids is 1. The van der Waals surface area contributed by atoms with Gasteiger partial charge in [0.2, 0.25) is 0 Å². The summed E-state index contributed by atoms with van der Waals surface area (Å²) in [5.74, 6) is 0.120. The first-order valence-electron chi connectivity index (χ1n) is 8.66. The van der Waals surface area contributed by atoms with Crippen molar-refractivity contribution in [2.75, 3.05) is 18.9 Å². The topological polar surface area (TPSA) is 122 Å². The summed E-state index contributed by atoms with van der Waals surface area (Å²) in [6, 6.07) is 4.95. The largest absolute Gasteiger partial charge is 0.496 e. The molecule has 1 aliphatic rings. The molecule has 0 spiro atoms. The van der Waals surface area contributed by atoms with Gasteiger partial charge < -0.3 is 9.47 Å². The third kappa shape index (κ3) is 5.55. The number of thiazole rings is 1. The Morgan fingerprint density at radius 3 is 2.39 bits per heavy atom. The molecule has 1 aromatic heterocycles. The molecule has 0 radical (unpaired) electrons. The van der Waals surface area contributed by atoms with Gasteiger partial charge in [-0.1, -0.05) is 6.07 Å². The molecule has 3 rings (SSSR count). The van der Waals surface area contributed by atoms with Crippen LogP contribution in [0.15, 0.2) is 59.1 Å². The summed E-state index contributed by atoms with van der Waals surface area (Å²) in [7, 11) is -0.637. The van der Waals surface area contributed by atoms with E-state index in [4.69, 9.17) is 21.7 Å². The number of aromatic nitrogens is 1. The Labute approximate surface area is 188 Å². The zero-order valence-corrected chi connectivity index (χ0v) is 18.8. The van der Waals surface area contributed by atoms with Crippen molar-refractivity contribution in [1.29, 1.82) is 0 Å². The summed E-state index contributed by atoms with van der Waals surface area (Å²) >= 11 is 6.36. The lowest BCUT2D eigenvalue weighted by molar-refractivity contribution is 0.0971. The molecule has 1 unspecified atom stereocenters. The van der Waals surface area contributed by atoms with E-state index in [1.807, 2.05) is 0 Å². The highest BCUT2D eigenvalue weighted by molar-refractivity contribution is 7.99. The maximum absolute atomic E-state index is 12.6. The van der Waals surface area contributed by atoms with Crippen molar-refractivity contribution >= 4 is 60.3 Å². The van der Waals surface area contributed by atoms with E-state index in [2.05, 4.69) is 20.0 Å². The monoisotopic (exact) mass is 478 g/mol. The van der Waals surface area contributed by atoms with Gasteiger partial charge in [-0.05, 0) is 48.7 Å². The maximum Gasteiger partial charge on any atom is 0.265 e. The fourth-order valence-electron chi connectivity index (χ4n) is 2.54. The average molecular weight is 479 g/mol. The molecule has 0 fully saturated rings. The molecule has 31 heavy (non-hydrogen) atoms. The normalized spacial score (nSPS) is 14.5. The molecule has 1 heterocycles. The zero-order chi connectivity index (χ0) is 22.4. The van der Waals surface area contributed by atoms with Crippen molar-refractivity contribution in [1.82, 2.24) is 10.3 Å². The lowest BCUT2D eigenvalue weighted by Gasteiger charge is -2.12. The van der Waals surface area contributed by atoms with Crippen LogP contribution in [0, 0.1) is 0 Å². The third-order valence-electron chi connectivity index (χ3n) is 3.92. The summed E-state index contributed by atoms with van der Waals surface area (Å²) in [6.07, 6.45) is 7.43. The summed E-state index contributed by atoms with van der Waals surface area (Å²) in [4.78, 5) is 20.9. The number of allylic oxidation sites excluding steroid dienone is 4. The highest BCUT2D eigenvalue weighted by atomic mass is 32.2. The first-order chi connectivity index (χ1) is 14.8. The Hall–Kier alpha value is -3.06. The molecule has 9 nitrogen and oxygen atoms in total. The van der Waals surface area contributed by atoms with Gasteiger partial charge in [0.15, 0.2) is 20.2 Å². The molecule has 0 bridgehead atoms. The number of carbonyl (C=O) groups is 1. The Morgan fingerprint density at radius 1 is 1.19 bits per heavy atom. The lowest BCUT2D eigenvalue weighted by atomic mass is 10.1. The van der Waals surface area contributed by atoms with E-state index in [-0.39, 0.29) is 15.5 Å². The minimum absolute atomic E-state index is 0.0867. The van der Waals surface area contributed by atoms with E-state index < -0.39 is 15.9 Å². The Morgan fingerprint density at radius 2 is 1.84 bits per heavy atom. The van der Waals surface area contributed by atoms with Gasteiger partial charge in [-0.2, -0.15) is 0 Å². The minimum atomic E-state index is -3.52. The van der Waals surface area contributed by atoms with Gasteiger partial charge in [0, 0.05) is 11.6 Å². The van der Waals surface area contributed by atoms with Crippen LogP contribution in [0.2, 0.25) is 0 Å². The van der Waals surface area contributed by atoms with Crippen LogP contribution in [0.25, 0.3) is 0 Å². The predicted octanol–water partition coefficient (Wildman–Crippen LogP) is 2.70. The van der Waals surface area contributed by atoms with Crippen molar-refractivity contribution < 1.29 is 23.0 Å². The predicted molar refractivity (Wildman–Crippen MR) is 127 cm³/mol. The SMILES string of the molecule is COc1cccc(OC)c1C(=O)NC(=S)N=C1C=CC(=S(=O)(O)Nc2nccs2)C=C1. The van der Waals surface area contributed by atoms with Crippen LogP contribution in [-0.4, -0.2) is 49.6 Å². The summed E-state index contributed by atoms with van der Waals surface area (Å²) in [5, 5.41) is 4.44. The second-order valence-corrected chi connectivity index (χ2v) is 8.88. The van der Waals surface area contributed by atoms with Gasteiger partial charge in [-0.15, -0.1) is 11.3 Å². The first-order valence-corrected chi connectivity index (χ1v) is 11.5. The molecule has 162 valence electrons. The molecule has 0 saturated heterocycles. The van der Waals surface area contributed by atoms with E-state index >= 15 is 0 Å². The van der Waals surface area contributed by atoms with Crippen molar-refractivity contribution in [2.24, 2.45) is 4.99 Å². The van der Waals surface area contributed by atoms with Gasteiger partial charge in [-0.25, -0.2) is 14.2 Å². The van der Waals surface area contributed by atoms with Crippen molar-refractivity contribution in [2.45, 2.75) is 0 Å². The van der Waals surface area contributed by atoms with Crippen LogP contribution in [0.4, 0.5) is 5.13 Å². The number of hydrogen-bond donors (Lipinski definition) is 3. The number of aliphatic imine (C=N–C) groups is 1. The number of hydrogen-bond acceptors (Lipinski definition) is 7. The second kappa shape index (κ2) is 9.83. The van der Waals surface area contributed by atoms with Crippen LogP contribution in [0.1, 0.15) is 10.4 Å². The molecule has 3 N–H and O–H groups in total. The maximum atomic E-state index is 12.6. The molecule has 0 aliphatic heterocycles. The average Bonchev–Trinajstić information content (AvgIpc) is 3.25. The van der Waals surface area contributed by atoms with E-state index in [0.29, 0.717) is 22.3 Å². The van der Waals surface area contributed by atoms with E-state index in [9.17, 15) is 13.6 Å². The summed E-state index contributed by atoms with van der Waals surface area (Å²) < 4.78 is 35.6. The summed E-state index contributed by atoms with van der Waals surface area (Å²) in [6.45, 7) is 0. The third-order valence-corrected chi connectivity index (χ3v) is 6.31. The van der Waals surface area contributed by atoms with Gasteiger partial charge >= 0.3 is 0 Å². The molecule has 0 saturated carbocycles. The number of thiocarbonyl (C=S) groups is 1. The molecule has 12 heteroatoms. The van der Waals surface area contributed by atoms with Gasteiger partial charge in [0.25, 0.3) is 5.91 Å². The fourth-order valence-corrected chi connectivity index (χ4v) is 4.55.